The van der Waals surface area contributed by atoms with Gasteiger partial charge >= 0.3 is 6.01 Å². The van der Waals surface area contributed by atoms with E-state index in [2.05, 4.69) is 69.3 Å². The van der Waals surface area contributed by atoms with E-state index >= 15 is 0 Å². The molecule has 0 bridgehead atoms. The Bertz CT molecular complexity index is 456. The highest BCUT2D eigenvalue weighted by molar-refractivity contribution is 5.22. The third kappa shape index (κ3) is 2.97. The summed E-state index contributed by atoms with van der Waals surface area (Å²) >= 11 is 0. The molecule has 1 aromatic rings. The van der Waals surface area contributed by atoms with Crippen molar-refractivity contribution in [3.8, 4) is 0 Å². The first-order valence-corrected chi connectivity index (χ1v) is 7.35. The molecule has 0 unspecified atom stereocenters. The van der Waals surface area contributed by atoms with Crippen molar-refractivity contribution >= 4 is 6.01 Å². The van der Waals surface area contributed by atoms with Crippen LogP contribution in [0.3, 0.4) is 0 Å². The average molecular weight is 280 g/mol. The van der Waals surface area contributed by atoms with Crippen molar-refractivity contribution in [3.05, 3.63) is 5.89 Å². The maximum atomic E-state index is 5.60. The lowest BCUT2D eigenvalue weighted by Crippen LogP contribution is -2.35. The summed E-state index contributed by atoms with van der Waals surface area (Å²) in [6.45, 7) is 17.1. The Morgan fingerprint density at radius 3 is 2.20 bits per heavy atom. The predicted molar refractivity (Wildman–Crippen MR) is 80.4 cm³/mol. The molecule has 5 nitrogen and oxygen atoms in total. The summed E-state index contributed by atoms with van der Waals surface area (Å²) in [5.74, 6) is 1.26. The minimum Gasteiger partial charge on any atom is -0.407 e. The molecule has 0 saturated heterocycles. The van der Waals surface area contributed by atoms with Crippen molar-refractivity contribution in [2.24, 2.45) is 16.7 Å². The predicted octanol–water partition coefficient (Wildman–Crippen LogP) is 3.05. The van der Waals surface area contributed by atoms with Crippen molar-refractivity contribution in [2.75, 3.05) is 11.9 Å². The van der Waals surface area contributed by atoms with Crippen LogP contribution in [0.5, 0.6) is 0 Å². The van der Waals surface area contributed by atoms with E-state index in [-0.39, 0.29) is 5.54 Å². The maximum absolute atomic E-state index is 5.60. The number of aromatic nitrogens is 2. The summed E-state index contributed by atoms with van der Waals surface area (Å²) in [5, 5.41) is 14.7. The molecule has 5 heteroatoms. The van der Waals surface area contributed by atoms with E-state index in [1.54, 1.807) is 0 Å². The van der Waals surface area contributed by atoms with Gasteiger partial charge in [-0.15, -0.1) is 5.10 Å². The molecule has 0 atom stereocenters. The van der Waals surface area contributed by atoms with E-state index in [1.807, 2.05) is 0 Å². The Hall–Kier alpha value is -1.10. The van der Waals surface area contributed by atoms with Crippen LogP contribution in [0.1, 0.15) is 54.4 Å². The van der Waals surface area contributed by atoms with Crippen LogP contribution >= 0.6 is 0 Å². The topological polar surface area (TPSA) is 63.0 Å². The second kappa shape index (κ2) is 4.72. The molecule has 2 N–H and O–H groups in total. The fraction of sp³-hybridized carbons (Fsp3) is 0.867. The summed E-state index contributed by atoms with van der Waals surface area (Å²) in [5.41, 5.74) is 0.789. The van der Waals surface area contributed by atoms with Gasteiger partial charge in [-0.05, 0) is 37.5 Å². The van der Waals surface area contributed by atoms with Crippen LogP contribution in [0.2, 0.25) is 0 Å². The van der Waals surface area contributed by atoms with Crippen LogP contribution in [-0.2, 0) is 6.54 Å². The number of rotatable bonds is 5. The number of nitrogens with one attached hydrogen (secondary N) is 2. The molecule has 114 valence electrons. The average Bonchev–Trinajstić information content (AvgIpc) is 2.68. The van der Waals surface area contributed by atoms with Crippen LogP contribution in [-0.4, -0.2) is 22.3 Å². The summed E-state index contributed by atoms with van der Waals surface area (Å²) in [6, 6.07) is 0.522. The van der Waals surface area contributed by atoms with Gasteiger partial charge in [0.05, 0.1) is 6.54 Å². The third-order valence-electron chi connectivity index (χ3n) is 5.01. The van der Waals surface area contributed by atoms with E-state index in [0.29, 0.717) is 35.2 Å². The molecule has 1 aliphatic carbocycles. The zero-order chi connectivity index (χ0) is 15.2. The molecular formula is C15H28N4O. The van der Waals surface area contributed by atoms with Gasteiger partial charge in [0.2, 0.25) is 5.89 Å². The molecular weight excluding hydrogens is 252 g/mol. The van der Waals surface area contributed by atoms with Crippen LogP contribution < -0.4 is 10.6 Å². The summed E-state index contributed by atoms with van der Waals surface area (Å²) < 4.78 is 5.60. The van der Waals surface area contributed by atoms with Gasteiger partial charge in [-0.3, -0.25) is 0 Å². The molecule has 0 aromatic carbocycles. The van der Waals surface area contributed by atoms with Gasteiger partial charge in [-0.1, -0.05) is 32.8 Å². The molecule has 20 heavy (non-hydrogen) atoms. The SMILES string of the molecule is CC(C)(C)NCc1nnc(NCC2C(C)(C)C2(C)C)o1. The molecule has 2 rings (SSSR count). The molecule has 0 spiro atoms. The van der Waals surface area contributed by atoms with E-state index in [9.17, 15) is 0 Å². The summed E-state index contributed by atoms with van der Waals surface area (Å²) in [6.07, 6.45) is 0. The minimum atomic E-state index is 0.0458. The quantitative estimate of drug-likeness (QED) is 0.868. The summed E-state index contributed by atoms with van der Waals surface area (Å²) in [4.78, 5) is 0. The van der Waals surface area contributed by atoms with E-state index in [4.69, 9.17) is 4.42 Å². The Morgan fingerprint density at radius 2 is 1.70 bits per heavy atom. The molecule has 1 fully saturated rings. The molecule has 0 radical (unpaired) electrons. The van der Waals surface area contributed by atoms with Gasteiger partial charge in [-0.2, -0.15) is 0 Å². The van der Waals surface area contributed by atoms with Crippen LogP contribution in [0.25, 0.3) is 0 Å². The Labute approximate surface area is 121 Å². The standard InChI is InChI=1S/C15H28N4O/c1-13(2,3)17-9-11-18-19-12(20-11)16-8-10-14(4,5)15(10,6)7/h10,17H,8-9H2,1-7H3,(H,16,19). The van der Waals surface area contributed by atoms with E-state index in [1.165, 1.54) is 0 Å². The van der Waals surface area contributed by atoms with Crippen LogP contribution in [0.4, 0.5) is 6.01 Å². The number of anilines is 1. The third-order valence-corrected chi connectivity index (χ3v) is 5.01. The highest BCUT2D eigenvalue weighted by Crippen LogP contribution is 2.68. The minimum absolute atomic E-state index is 0.0458. The first-order chi connectivity index (χ1) is 9.04. The first-order valence-electron chi connectivity index (χ1n) is 7.35. The Balaban J connectivity index is 1.82. The largest absolute Gasteiger partial charge is 0.407 e. The van der Waals surface area contributed by atoms with Crippen LogP contribution in [0.15, 0.2) is 4.42 Å². The number of hydrogen-bond acceptors (Lipinski definition) is 5. The van der Waals surface area contributed by atoms with Crippen molar-refractivity contribution in [1.29, 1.82) is 0 Å². The fourth-order valence-electron chi connectivity index (χ4n) is 2.77. The van der Waals surface area contributed by atoms with Gasteiger partial charge in [-0.25, -0.2) is 0 Å². The van der Waals surface area contributed by atoms with Crippen LogP contribution in [0, 0.1) is 16.7 Å². The second-order valence-corrected chi connectivity index (χ2v) is 7.98. The van der Waals surface area contributed by atoms with Gasteiger partial charge in [0, 0.05) is 12.1 Å². The van der Waals surface area contributed by atoms with Crippen molar-refractivity contribution in [1.82, 2.24) is 15.5 Å². The highest BCUT2D eigenvalue weighted by atomic mass is 16.4. The number of nitrogens with zero attached hydrogens (tertiary/aromatic N) is 2. The number of hydrogen-bond donors (Lipinski definition) is 2. The molecule has 1 aliphatic rings. The molecule has 1 aromatic heterocycles. The smallest absolute Gasteiger partial charge is 0.315 e. The normalized spacial score (nSPS) is 20.9. The van der Waals surface area contributed by atoms with E-state index in [0.717, 1.165) is 6.54 Å². The first kappa shape index (κ1) is 15.3. The summed E-state index contributed by atoms with van der Waals surface area (Å²) in [7, 11) is 0. The van der Waals surface area contributed by atoms with E-state index < -0.39 is 0 Å². The molecule has 1 saturated carbocycles. The monoisotopic (exact) mass is 280 g/mol. The Morgan fingerprint density at radius 1 is 1.10 bits per heavy atom. The highest BCUT2D eigenvalue weighted by Gasteiger charge is 2.64. The van der Waals surface area contributed by atoms with Crippen molar-refractivity contribution in [2.45, 2.75) is 60.5 Å². The molecule has 0 amide bonds. The van der Waals surface area contributed by atoms with Gasteiger partial charge in [0.1, 0.15) is 0 Å². The zero-order valence-corrected chi connectivity index (χ0v) is 13.8. The lowest BCUT2D eigenvalue weighted by atomic mass is 10.0. The van der Waals surface area contributed by atoms with Crippen molar-refractivity contribution in [3.63, 3.8) is 0 Å². The lowest BCUT2D eigenvalue weighted by molar-refractivity contribution is 0.383. The molecule has 1 heterocycles. The lowest BCUT2D eigenvalue weighted by Gasteiger charge is -2.18. The maximum Gasteiger partial charge on any atom is 0.315 e. The zero-order valence-electron chi connectivity index (χ0n) is 13.8. The van der Waals surface area contributed by atoms with Crippen molar-refractivity contribution < 1.29 is 4.42 Å². The fourth-order valence-corrected chi connectivity index (χ4v) is 2.77. The Kier molecular flexibility index (Phi) is 3.61. The van der Waals surface area contributed by atoms with Gasteiger partial charge in [0.15, 0.2) is 0 Å². The molecule has 0 aliphatic heterocycles. The van der Waals surface area contributed by atoms with Gasteiger partial charge in [0.25, 0.3) is 0 Å². The second-order valence-electron chi connectivity index (χ2n) is 7.98. The van der Waals surface area contributed by atoms with Gasteiger partial charge < -0.3 is 15.1 Å².